The van der Waals surface area contributed by atoms with E-state index in [0.717, 1.165) is 0 Å². The van der Waals surface area contributed by atoms with E-state index in [4.69, 9.17) is 26.8 Å². The maximum atomic E-state index is 8.36. The smallest absolute Gasteiger partial charge is 0.290 e. The van der Waals surface area contributed by atoms with E-state index in [1.165, 1.54) is 6.20 Å². The van der Waals surface area contributed by atoms with Crippen LogP contribution in [0, 0.1) is 11.3 Å². The summed E-state index contributed by atoms with van der Waals surface area (Å²) in [6, 6.07) is 5.14. The van der Waals surface area contributed by atoms with E-state index < -0.39 is 0 Å². The van der Waals surface area contributed by atoms with Crippen LogP contribution in [0.1, 0.15) is 5.56 Å². The van der Waals surface area contributed by atoms with Gasteiger partial charge < -0.3 is 5.11 Å². The summed E-state index contributed by atoms with van der Waals surface area (Å²) in [6.07, 6.45) is 1.43. The Balaban J connectivity index is 0.000000354. The molecule has 1 rings (SSSR count). The van der Waals surface area contributed by atoms with Crippen molar-refractivity contribution in [1.82, 2.24) is 4.98 Å². The molecule has 0 saturated heterocycles. The van der Waals surface area contributed by atoms with Crippen LogP contribution in [-0.2, 0) is 4.79 Å². The maximum Gasteiger partial charge on any atom is 0.290 e. The topological polar surface area (TPSA) is 74.0 Å². The summed E-state index contributed by atoms with van der Waals surface area (Å²) in [5, 5.41) is 15.6. The van der Waals surface area contributed by atoms with Gasteiger partial charge in [-0.2, -0.15) is 5.26 Å². The molecule has 0 spiro atoms. The second kappa shape index (κ2) is 6.13. The van der Waals surface area contributed by atoms with E-state index in [2.05, 4.69) is 4.98 Å². The molecule has 4 nitrogen and oxygen atoms in total. The Morgan fingerprint density at radius 3 is 2.58 bits per heavy atom. The predicted molar refractivity (Wildman–Crippen MR) is 42.7 cm³/mol. The molecule has 5 heteroatoms. The van der Waals surface area contributed by atoms with Crippen LogP contribution < -0.4 is 0 Å². The minimum Gasteiger partial charge on any atom is -0.483 e. The van der Waals surface area contributed by atoms with Crippen LogP contribution in [-0.4, -0.2) is 16.6 Å². The monoisotopic (exact) mass is 184 g/mol. The van der Waals surface area contributed by atoms with Crippen molar-refractivity contribution in [3.05, 3.63) is 29.0 Å². The zero-order valence-corrected chi connectivity index (χ0v) is 6.69. The van der Waals surface area contributed by atoms with Gasteiger partial charge in [0.2, 0.25) is 0 Å². The number of carboxylic acid groups (broad SMARTS) is 1. The first kappa shape index (κ1) is 10.4. The van der Waals surface area contributed by atoms with Crippen molar-refractivity contribution in [3.8, 4) is 6.07 Å². The number of nitrogens with zero attached hydrogens (tertiary/aromatic N) is 2. The lowest BCUT2D eigenvalue weighted by atomic mass is 10.3. The molecule has 0 aliphatic carbocycles. The highest BCUT2D eigenvalue weighted by Crippen LogP contribution is 2.02. The van der Waals surface area contributed by atoms with Gasteiger partial charge in [-0.25, -0.2) is 4.98 Å². The Labute approximate surface area is 74.0 Å². The molecule has 0 unspecified atom stereocenters. The molecule has 0 fully saturated rings. The number of nitriles is 1. The third-order valence-electron chi connectivity index (χ3n) is 0.856. The molecular formula is C7H5ClN2O2. The molecule has 0 radical (unpaired) electrons. The van der Waals surface area contributed by atoms with Gasteiger partial charge >= 0.3 is 0 Å². The van der Waals surface area contributed by atoms with E-state index >= 15 is 0 Å². The average Bonchev–Trinajstić information content (AvgIpc) is 2.07. The summed E-state index contributed by atoms with van der Waals surface area (Å²) in [5.41, 5.74) is 0.527. The van der Waals surface area contributed by atoms with Crippen LogP contribution in [0.4, 0.5) is 0 Å². The molecular weight excluding hydrogens is 180 g/mol. The molecule has 62 valence electrons. The van der Waals surface area contributed by atoms with Gasteiger partial charge in [0.05, 0.1) is 5.56 Å². The minimum atomic E-state index is -0.250. The Morgan fingerprint density at radius 1 is 1.67 bits per heavy atom. The largest absolute Gasteiger partial charge is 0.483 e. The zero-order valence-electron chi connectivity index (χ0n) is 5.94. The number of halogens is 1. The molecule has 1 heterocycles. The van der Waals surface area contributed by atoms with Crippen molar-refractivity contribution in [2.24, 2.45) is 0 Å². The van der Waals surface area contributed by atoms with E-state index in [1.807, 2.05) is 6.07 Å². The summed E-state index contributed by atoms with van der Waals surface area (Å²) in [6.45, 7) is -0.250. The molecule has 0 aromatic carbocycles. The van der Waals surface area contributed by atoms with Crippen molar-refractivity contribution >= 4 is 18.1 Å². The first-order valence-corrected chi connectivity index (χ1v) is 3.22. The SMILES string of the molecule is N#Cc1ccc(Cl)nc1.O=CO. The molecule has 1 aromatic heterocycles. The maximum absolute atomic E-state index is 8.36. The standard InChI is InChI=1S/C6H3ClN2.CH2O2/c7-6-2-1-5(3-8)4-9-6;2-1-3/h1-2,4H;1H,(H,2,3). The van der Waals surface area contributed by atoms with Crippen molar-refractivity contribution in [1.29, 1.82) is 5.26 Å². The van der Waals surface area contributed by atoms with Gasteiger partial charge in [-0.3, -0.25) is 4.79 Å². The number of carbonyl (C=O) groups is 1. The molecule has 0 aliphatic heterocycles. The first-order valence-electron chi connectivity index (χ1n) is 2.84. The highest BCUT2D eigenvalue weighted by atomic mass is 35.5. The summed E-state index contributed by atoms with van der Waals surface area (Å²) in [5.74, 6) is 0. The third kappa shape index (κ3) is 4.25. The lowest BCUT2D eigenvalue weighted by Gasteiger charge is -1.85. The van der Waals surface area contributed by atoms with E-state index in [1.54, 1.807) is 12.1 Å². The third-order valence-corrected chi connectivity index (χ3v) is 1.08. The summed E-state index contributed by atoms with van der Waals surface area (Å²) < 4.78 is 0. The molecule has 0 saturated carbocycles. The number of hydrogen-bond acceptors (Lipinski definition) is 3. The first-order chi connectivity index (χ1) is 5.74. The van der Waals surface area contributed by atoms with Crippen LogP contribution in [0.15, 0.2) is 18.3 Å². The zero-order chi connectivity index (χ0) is 9.40. The minimum absolute atomic E-state index is 0.250. The van der Waals surface area contributed by atoms with Gasteiger partial charge in [-0.05, 0) is 12.1 Å². The van der Waals surface area contributed by atoms with Gasteiger partial charge in [0, 0.05) is 6.20 Å². The molecule has 0 bridgehead atoms. The van der Waals surface area contributed by atoms with Gasteiger partial charge in [0.1, 0.15) is 11.2 Å². The molecule has 0 aliphatic rings. The molecule has 1 N–H and O–H groups in total. The van der Waals surface area contributed by atoms with E-state index in [9.17, 15) is 0 Å². The molecule has 1 aromatic rings. The van der Waals surface area contributed by atoms with Gasteiger partial charge in [-0.15, -0.1) is 0 Å². The lowest BCUT2D eigenvalue weighted by molar-refractivity contribution is -0.122. The highest BCUT2D eigenvalue weighted by molar-refractivity contribution is 6.29. The van der Waals surface area contributed by atoms with Gasteiger partial charge in [0.15, 0.2) is 0 Å². The van der Waals surface area contributed by atoms with Gasteiger partial charge in [-0.1, -0.05) is 11.6 Å². The highest BCUT2D eigenvalue weighted by Gasteiger charge is 1.87. The summed E-state index contributed by atoms with van der Waals surface area (Å²) in [7, 11) is 0. The fourth-order valence-corrected chi connectivity index (χ4v) is 0.554. The Morgan fingerprint density at radius 2 is 2.25 bits per heavy atom. The number of rotatable bonds is 0. The quantitative estimate of drug-likeness (QED) is 0.487. The second-order valence-corrected chi connectivity index (χ2v) is 1.97. The fourth-order valence-electron chi connectivity index (χ4n) is 0.442. The van der Waals surface area contributed by atoms with Crippen molar-refractivity contribution in [3.63, 3.8) is 0 Å². The van der Waals surface area contributed by atoms with Crippen molar-refractivity contribution < 1.29 is 9.90 Å². The van der Waals surface area contributed by atoms with Crippen molar-refractivity contribution in [2.75, 3.05) is 0 Å². The van der Waals surface area contributed by atoms with Gasteiger partial charge in [0.25, 0.3) is 6.47 Å². The average molecular weight is 185 g/mol. The Hall–Kier alpha value is -1.60. The van der Waals surface area contributed by atoms with Crippen LogP contribution >= 0.6 is 11.6 Å². The number of aromatic nitrogens is 1. The lowest BCUT2D eigenvalue weighted by Crippen LogP contribution is -1.75. The van der Waals surface area contributed by atoms with Crippen LogP contribution in [0.25, 0.3) is 0 Å². The fraction of sp³-hybridized carbons (Fsp3) is 0. The van der Waals surface area contributed by atoms with E-state index in [0.29, 0.717) is 10.7 Å². The van der Waals surface area contributed by atoms with Crippen LogP contribution in [0.3, 0.4) is 0 Å². The Bertz CT molecular complexity index is 278. The summed E-state index contributed by atoms with van der Waals surface area (Å²) in [4.78, 5) is 12.1. The molecule has 12 heavy (non-hydrogen) atoms. The number of hydrogen-bond donors (Lipinski definition) is 1. The molecule has 0 atom stereocenters. The van der Waals surface area contributed by atoms with E-state index in [-0.39, 0.29) is 6.47 Å². The van der Waals surface area contributed by atoms with Crippen LogP contribution in [0.5, 0.6) is 0 Å². The second-order valence-electron chi connectivity index (χ2n) is 1.59. The number of pyridine rings is 1. The molecule has 0 amide bonds. The predicted octanol–water partition coefficient (Wildman–Crippen LogP) is 1.31. The summed E-state index contributed by atoms with van der Waals surface area (Å²) >= 11 is 5.45. The Kier molecular flexibility index (Phi) is 5.31. The van der Waals surface area contributed by atoms with Crippen molar-refractivity contribution in [2.45, 2.75) is 0 Å². The van der Waals surface area contributed by atoms with Crippen LogP contribution in [0.2, 0.25) is 5.15 Å². The normalized spacial score (nSPS) is 7.33.